The van der Waals surface area contributed by atoms with Gasteiger partial charge in [0.25, 0.3) is 0 Å². The first-order valence-electron chi connectivity index (χ1n) is 7.32. The van der Waals surface area contributed by atoms with Gasteiger partial charge in [0.15, 0.2) is 0 Å². The van der Waals surface area contributed by atoms with E-state index in [9.17, 15) is 0 Å². The molecule has 1 aromatic rings. The van der Waals surface area contributed by atoms with Gasteiger partial charge in [0.2, 0.25) is 0 Å². The predicted octanol–water partition coefficient (Wildman–Crippen LogP) is 2.96. The molecule has 1 fully saturated rings. The summed E-state index contributed by atoms with van der Waals surface area (Å²) in [5, 5.41) is 0. The van der Waals surface area contributed by atoms with E-state index < -0.39 is 0 Å². The second kappa shape index (κ2) is 6.40. The lowest BCUT2D eigenvalue weighted by Gasteiger charge is -2.34. The van der Waals surface area contributed by atoms with Gasteiger partial charge in [-0.1, -0.05) is 12.1 Å². The van der Waals surface area contributed by atoms with E-state index in [2.05, 4.69) is 30.9 Å². The number of piperidine rings is 1. The number of rotatable bonds is 4. The van der Waals surface area contributed by atoms with E-state index >= 15 is 0 Å². The van der Waals surface area contributed by atoms with Crippen LogP contribution in [0, 0.1) is 0 Å². The van der Waals surface area contributed by atoms with Crippen LogP contribution in [0.4, 0.5) is 0 Å². The molecular formula is C16H26N2O. The topological polar surface area (TPSA) is 38.5 Å². The summed E-state index contributed by atoms with van der Waals surface area (Å²) in [6.07, 6.45) is 2.57. The van der Waals surface area contributed by atoms with Crippen molar-refractivity contribution in [3.05, 3.63) is 29.8 Å². The van der Waals surface area contributed by atoms with Crippen molar-refractivity contribution < 1.29 is 4.74 Å². The van der Waals surface area contributed by atoms with Crippen LogP contribution < -0.4 is 10.5 Å². The zero-order valence-electron chi connectivity index (χ0n) is 12.3. The van der Waals surface area contributed by atoms with Crippen molar-refractivity contribution in [3.63, 3.8) is 0 Å². The molecule has 0 bridgehead atoms. The maximum absolute atomic E-state index is 6.09. The quantitative estimate of drug-likeness (QED) is 0.906. The molecule has 0 spiro atoms. The Morgan fingerprint density at radius 3 is 2.47 bits per heavy atom. The number of hydrogen-bond donors (Lipinski definition) is 1. The van der Waals surface area contributed by atoms with Gasteiger partial charge in [-0.25, -0.2) is 0 Å². The van der Waals surface area contributed by atoms with Gasteiger partial charge in [-0.15, -0.1) is 0 Å². The van der Waals surface area contributed by atoms with Gasteiger partial charge in [-0.05, 0) is 51.3 Å². The van der Waals surface area contributed by atoms with Crippen LogP contribution in [0.2, 0.25) is 0 Å². The van der Waals surface area contributed by atoms with Crippen LogP contribution in [0.1, 0.15) is 45.2 Å². The van der Waals surface area contributed by atoms with Crippen molar-refractivity contribution >= 4 is 0 Å². The predicted molar refractivity (Wildman–Crippen MR) is 79.4 cm³/mol. The summed E-state index contributed by atoms with van der Waals surface area (Å²) in [7, 11) is 0. The molecule has 0 radical (unpaired) electrons. The summed E-state index contributed by atoms with van der Waals surface area (Å²) < 4.78 is 6.09. The molecule has 1 aromatic carbocycles. The molecule has 0 amide bonds. The molecule has 1 heterocycles. The lowest BCUT2D eigenvalue weighted by Crippen LogP contribution is -2.41. The number of nitrogens with zero attached hydrogens (tertiary/aromatic N) is 1. The highest BCUT2D eigenvalue weighted by Gasteiger charge is 2.21. The monoisotopic (exact) mass is 262 g/mol. The third kappa shape index (κ3) is 3.95. The Morgan fingerprint density at radius 2 is 1.89 bits per heavy atom. The molecule has 106 valence electrons. The van der Waals surface area contributed by atoms with Crippen LogP contribution >= 0.6 is 0 Å². The van der Waals surface area contributed by atoms with Gasteiger partial charge >= 0.3 is 0 Å². The fraction of sp³-hybridized carbons (Fsp3) is 0.625. The Labute approximate surface area is 116 Å². The fourth-order valence-corrected chi connectivity index (χ4v) is 2.57. The smallest absolute Gasteiger partial charge is 0.120 e. The van der Waals surface area contributed by atoms with E-state index in [4.69, 9.17) is 10.5 Å². The lowest BCUT2D eigenvalue weighted by atomic mass is 10.1. The second-order valence-corrected chi connectivity index (χ2v) is 5.81. The molecule has 0 saturated carbocycles. The summed E-state index contributed by atoms with van der Waals surface area (Å²) >= 11 is 0. The summed E-state index contributed by atoms with van der Waals surface area (Å²) in [4.78, 5) is 2.51. The third-order valence-corrected chi connectivity index (χ3v) is 3.89. The van der Waals surface area contributed by atoms with E-state index in [0.717, 1.165) is 37.2 Å². The minimum atomic E-state index is 0.0614. The zero-order valence-corrected chi connectivity index (χ0v) is 12.3. The molecule has 0 aliphatic carbocycles. The standard InChI is InChI=1S/C16H26N2O/c1-12(2)18-9-7-15(8-10-18)19-16-6-4-5-14(11-16)13(3)17/h4-6,11-13,15H,7-10,17H2,1-3H3. The SMILES string of the molecule is CC(N)c1cccc(OC2CCN(C(C)C)CC2)c1. The summed E-state index contributed by atoms with van der Waals surface area (Å²) in [5.41, 5.74) is 7.04. The van der Waals surface area contributed by atoms with Crippen molar-refractivity contribution in [2.75, 3.05) is 13.1 Å². The molecule has 1 aliphatic heterocycles. The Balaban J connectivity index is 1.90. The van der Waals surface area contributed by atoms with E-state index in [0.29, 0.717) is 12.1 Å². The van der Waals surface area contributed by atoms with Gasteiger partial charge in [0, 0.05) is 25.2 Å². The van der Waals surface area contributed by atoms with Gasteiger partial charge in [-0.2, -0.15) is 0 Å². The molecule has 2 N–H and O–H groups in total. The molecule has 2 rings (SSSR count). The summed E-state index contributed by atoms with van der Waals surface area (Å²) in [5.74, 6) is 0.956. The molecule has 1 atom stereocenters. The molecule has 0 aromatic heterocycles. The average Bonchev–Trinajstić information content (AvgIpc) is 2.39. The number of nitrogens with two attached hydrogens (primary N) is 1. The first-order valence-corrected chi connectivity index (χ1v) is 7.32. The highest BCUT2D eigenvalue weighted by Crippen LogP contribution is 2.22. The molecule has 1 aliphatic rings. The Kier molecular flexibility index (Phi) is 4.83. The van der Waals surface area contributed by atoms with Crippen LogP contribution in [0.5, 0.6) is 5.75 Å². The molecule has 3 heteroatoms. The van der Waals surface area contributed by atoms with Crippen LogP contribution in [0.15, 0.2) is 24.3 Å². The number of likely N-dealkylation sites (tertiary alicyclic amines) is 1. The van der Waals surface area contributed by atoms with Crippen LogP contribution in [-0.4, -0.2) is 30.1 Å². The van der Waals surface area contributed by atoms with Crippen molar-refractivity contribution in [2.24, 2.45) is 5.73 Å². The van der Waals surface area contributed by atoms with Gasteiger partial charge in [0.1, 0.15) is 11.9 Å². The van der Waals surface area contributed by atoms with Crippen molar-refractivity contribution in [3.8, 4) is 5.75 Å². The highest BCUT2D eigenvalue weighted by atomic mass is 16.5. The number of hydrogen-bond acceptors (Lipinski definition) is 3. The highest BCUT2D eigenvalue weighted by molar-refractivity contribution is 5.30. The normalized spacial score (nSPS) is 19.6. The Hall–Kier alpha value is -1.06. The van der Waals surface area contributed by atoms with Crippen LogP contribution in [-0.2, 0) is 0 Å². The summed E-state index contributed by atoms with van der Waals surface area (Å²) in [6.45, 7) is 8.78. The minimum Gasteiger partial charge on any atom is -0.490 e. The third-order valence-electron chi connectivity index (χ3n) is 3.89. The Morgan fingerprint density at radius 1 is 1.21 bits per heavy atom. The molecular weight excluding hydrogens is 236 g/mol. The largest absolute Gasteiger partial charge is 0.490 e. The van der Waals surface area contributed by atoms with E-state index in [1.54, 1.807) is 0 Å². The minimum absolute atomic E-state index is 0.0614. The van der Waals surface area contributed by atoms with Gasteiger partial charge in [-0.3, -0.25) is 0 Å². The first-order chi connectivity index (χ1) is 9.06. The van der Waals surface area contributed by atoms with Crippen LogP contribution in [0.25, 0.3) is 0 Å². The molecule has 1 unspecified atom stereocenters. The van der Waals surface area contributed by atoms with E-state index in [-0.39, 0.29) is 6.04 Å². The molecule has 3 nitrogen and oxygen atoms in total. The number of ether oxygens (including phenoxy) is 1. The molecule has 1 saturated heterocycles. The van der Waals surface area contributed by atoms with Gasteiger partial charge in [0.05, 0.1) is 0 Å². The van der Waals surface area contributed by atoms with Crippen molar-refractivity contribution in [2.45, 2.75) is 51.8 Å². The second-order valence-electron chi connectivity index (χ2n) is 5.81. The average molecular weight is 262 g/mol. The first kappa shape index (κ1) is 14.4. The van der Waals surface area contributed by atoms with Crippen molar-refractivity contribution in [1.29, 1.82) is 0 Å². The van der Waals surface area contributed by atoms with Gasteiger partial charge < -0.3 is 15.4 Å². The van der Waals surface area contributed by atoms with Crippen molar-refractivity contribution in [1.82, 2.24) is 4.90 Å². The van der Waals surface area contributed by atoms with E-state index in [1.807, 2.05) is 19.1 Å². The maximum Gasteiger partial charge on any atom is 0.120 e. The Bertz CT molecular complexity index is 395. The fourth-order valence-electron chi connectivity index (χ4n) is 2.57. The maximum atomic E-state index is 6.09. The summed E-state index contributed by atoms with van der Waals surface area (Å²) in [6, 6.07) is 8.88. The zero-order chi connectivity index (χ0) is 13.8. The molecule has 19 heavy (non-hydrogen) atoms. The van der Waals surface area contributed by atoms with Crippen LogP contribution in [0.3, 0.4) is 0 Å². The number of benzene rings is 1. The van der Waals surface area contributed by atoms with E-state index in [1.165, 1.54) is 0 Å². The lowest BCUT2D eigenvalue weighted by molar-refractivity contribution is 0.0842.